The number of aromatic amines is 1. The molecule has 0 aliphatic carbocycles. The van der Waals surface area contributed by atoms with Gasteiger partial charge in [-0.3, -0.25) is 9.69 Å². The lowest BCUT2D eigenvalue weighted by molar-refractivity contribution is 0.359. The molecule has 1 aliphatic rings. The molecule has 1 N–H and O–H groups in total. The third-order valence-electron chi connectivity index (χ3n) is 5.64. The van der Waals surface area contributed by atoms with Crippen molar-refractivity contribution in [3.8, 4) is 11.1 Å². The fraction of sp³-hybridized carbons (Fsp3) is 0.160. The summed E-state index contributed by atoms with van der Waals surface area (Å²) >= 11 is 13.6. The largest absolute Gasteiger partial charge is 0.301 e. The van der Waals surface area contributed by atoms with Gasteiger partial charge in [0.1, 0.15) is 0 Å². The van der Waals surface area contributed by atoms with Crippen LogP contribution >= 0.6 is 35.0 Å². The van der Waals surface area contributed by atoms with Crippen LogP contribution in [-0.2, 0) is 6.54 Å². The maximum atomic E-state index is 13.2. The number of likely N-dealkylation sites (N-methyl/N-ethyl adjacent to an activating group) is 1. The number of thioether (sulfide) groups is 1. The van der Waals surface area contributed by atoms with E-state index in [-0.39, 0.29) is 5.56 Å². The molecule has 0 bridgehead atoms. The standard InChI is InChI=1S/C25H20Cl2N4OS/c1-31-12-16(11-14-3-7-17(26)8-4-14)22-19(13-31)20(15-5-9-18(27)10-6-15)21-23(28-22)29-25(33-2)30-24(21)32/h3-11H,12-13H2,1-2H3,(H,28,29,30,32)/b16-11+. The average molecular weight is 495 g/mol. The van der Waals surface area contributed by atoms with Crippen molar-refractivity contribution in [2.45, 2.75) is 11.7 Å². The van der Waals surface area contributed by atoms with Crippen LogP contribution in [0, 0.1) is 0 Å². The minimum Gasteiger partial charge on any atom is -0.301 e. The topological polar surface area (TPSA) is 61.9 Å². The second-order valence-corrected chi connectivity index (χ2v) is 9.66. The molecule has 166 valence electrons. The summed E-state index contributed by atoms with van der Waals surface area (Å²) in [4.78, 5) is 27.9. The molecular formula is C25H20Cl2N4OS. The molecule has 3 heterocycles. The van der Waals surface area contributed by atoms with Crippen LogP contribution in [0.15, 0.2) is 58.5 Å². The Morgan fingerprint density at radius 1 is 1.00 bits per heavy atom. The van der Waals surface area contributed by atoms with Gasteiger partial charge in [0.25, 0.3) is 5.56 Å². The molecule has 0 unspecified atom stereocenters. The molecule has 0 saturated heterocycles. The van der Waals surface area contributed by atoms with E-state index in [0.717, 1.165) is 40.1 Å². The van der Waals surface area contributed by atoms with Crippen LogP contribution in [0.2, 0.25) is 10.0 Å². The van der Waals surface area contributed by atoms with Crippen molar-refractivity contribution in [1.29, 1.82) is 0 Å². The van der Waals surface area contributed by atoms with Crippen LogP contribution in [0.1, 0.15) is 16.8 Å². The molecule has 2 aromatic carbocycles. The fourth-order valence-corrected chi connectivity index (χ4v) is 4.83. The van der Waals surface area contributed by atoms with Crippen LogP contribution < -0.4 is 5.56 Å². The lowest BCUT2D eigenvalue weighted by Crippen LogP contribution is -2.28. The number of nitrogens with one attached hydrogen (secondary N) is 1. The number of H-pyrrole nitrogens is 1. The highest BCUT2D eigenvalue weighted by molar-refractivity contribution is 7.98. The maximum absolute atomic E-state index is 13.2. The Kier molecular flexibility index (Phi) is 6.01. The number of aromatic nitrogens is 3. The van der Waals surface area contributed by atoms with Gasteiger partial charge in [-0.2, -0.15) is 0 Å². The molecule has 2 aromatic heterocycles. The molecule has 0 spiro atoms. The first kappa shape index (κ1) is 22.2. The maximum Gasteiger partial charge on any atom is 0.261 e. The molecule has 0 radical (unpaired) electrons. The SMILES string of the molecule is CSc1nc2nc3c(c(-c4ccc(Cl)cc4)c2c(=O)[nH]1)CN(C)C/C3=C\c1ccc(Cl)cc1. The van der Waals surface area contributed by atoms with Crippen molar-refractivity contribution in [2.75, 3.05) is 19.8 Å². The van der Waals surface area contributed by atoms with Crippen LogP contribution in [-0.4, -0.2) is 39.7 Å². The van der Waals surface area contributed by atoms with Gasteiger partial charge in [-0.25, -0.2) is 9.97 Å². The Hall–Kier alpha value is -2.64. The number of hydrogen-bond donors (Lipinski definition) is 1. The van der Waals surface area contributed by atoms with E-state index in [9.17, 15) is 4.79 Å². The number of hydrogen-bond acceptors (Lipinski definition) is 5. The lowest BCUT2D eigenvalue weighted by atomic mass is 9.90. The first-order valence-corrected chi connectivity index (χ1v) is 12.3. The zero-order chi connectivity index (χ0) is 23.1. The summed E-state index contributed by atoms with van der Waals surface area (Å²) in [6, 6.07) is 15.3. The smallest absolute Gasteiger partial charge is 0.261 e. The van der Waals surface area contributed by atoms with E-state index in [0.29, 0.717) is 32.8 Å². The van der Waals surface area contributed by atoms with Gasteiger partial charge in [-0.15, -0.1) is 0 Å². The highest BCUT2D eigenvalue weighted by Crippen LogP contribution is 2.38. The molecule has 33 heavy (non-hydrogen) atoms. The van der Waals surface area contributed by atoms with Gasteiger partial charge in [0.05, 0.1) is 11.1 Å². The molecule has 0 saturated carbocycles. The third-order valence-corrected chi connectivity index (χ3v) is 6.73. The quantitative estimate of drug-likeness (QED) is 0.279. The van der Waals surface area contributed by atoms with Crippen LogP contribution in [0.3, 0.4) is 0 Å². The van der Waals surface area contributed by atoms with E-state index in [1.807, 2.05) is 54.8 Å². The van der Waals surface area contributed by atoms with Gasteiger partial charge in [-0.1, -0.05) is 59.2 Å². The van der Waals surface area contributed by atoms with E-state index in [1.54, 1.807) is 0 Å². The molecule has 0 amide bonds. The minimum atomic E-state index is -0.193. The summed E-state index contributed by atoms with van der Waals surface area (Å²) in [6.45, 7) is 1.39. The number of fused-ring (bicyclic) bond motifs is 2. The van der Waals surface area contributed by atoms with E-state index in [2.05, 4.69) is 28.0 Å². The van der Waals surface area contributed by atoms with E-state index < -0.39 is 0 Å². The number of rotatable bonds is 3. The highest BCUT2D eigenvalue weighted by Gasteiger charge is 2.27. The Balaban J connectivity index is 1.84. The Bertz CT molecular complexity index is 1450. The van der Waals surface area contributed by atoms with Crippen molar-refractivity contribution >= 4 is 57.6 Å². The normalized spacial score (nSPS) is 15.2. The summed E-state index contributed by atoms with van der Waals surface area (Å²) in [5, 5.41) is 2.37. The van der Waals surface area contributed by atoms with Crippen LogP contribution in [0.25, 0.3) is 33.8 Å². The molecule has 1 aliphatic heterocycles. The monoisotopic (exact) mass is 494 g/mol. The Morgan fingerprint density at radius 2 is 1.67 bits per heavy atom. The average Bonchev–Trinajstić information content (AvgIpc) is 2.80. The lowest BCUT2D eigenvalue weighted by Gasteiger charge is -2.29. The summed E-state index contributed by atoms with van der Waals surface area (Å²) in [7, 11) is 2.06. The first-order chi connectivity index (χ1) is 15.9. The summed E-state index contributed by atoms with van der Waals surface area (Å²) in [5.41, 5.74) is 5.98. The number of halogens is 2. The molecule has 5 rings (SSSR count). The highest BCUT2D eigenvalue weighted by atomic mass is 35.5. The summed E-state index contributed by atoms with van der Waals surface area (Å²) in [6.07, 6.45) is 4.00. The van der Waals surface area contributed by atoms with Crippen molar-refractivity contribution in [3.63, 3.8) is 0 Å². The fourth-order valence-electron chi connectivity index (χ4n) is 4.21. The second kappa shape index (κ2) is 8.95. The summed E-state index contributed by atoms with van der Waals surface area (Å²) in [5.74, 6) is 0. The van der Waals surface area contributed by atoms with Crippen molar-refractivity contribution in [1.82, 2.24) is 19.9 Å². The minimum absolute atomic E-state index is 0.193. The zero-order valence-corrected chi connectivity index (χ0v) is 20.4. The number of nitrogens with zero attached hydrogens (tertiary/aromatic N) is 3. The van der Waals surface area contributed by atoms with Gasteiger partial charge in [0.2, 0.25) is 0 Å². The molecule has 0 fully saturated rings. The number of pyridine rings is 1. The van der Waals surface area contributed by atoms with Crippen molar-refractivity contribution < 1.29 is 0 Å². The van der Waals surface area contributed by atoms with Gasteiger partial charge in [0.15, 0.2) is 10.8 Å². The van der Waals surface area contributed by atoms with Gasteiger partial charge in [-0.05, 0) is 60.3 Å². The van der Waals surface area contributed by atoms with Crippen molar-refractivity contribution in [3.05, 3.63) is 85.8 Å². The zero-order valence-electron chi connectivity index (χ0n) is 18.0. The van der Waals surface area contributed by atoms with E-state index in [1.165, 1.54) is 11.8 Å². The molecule has 8 heteroatoms. The first-order valence-electron chi connectivity index (χ1n) is 10.3. The number of benzene rings is 2. The van der Waals surface area contributed by atoms with Gasteiger partial charge >= 0.3 is 0 Å². The van der Waals surface area contributed by atoms with Gasteiger partial charge < -0.3 is 4.98 Å². The predicted molar refractivity (Wildman–Crippen MR) is 138 cm³/mol. The predicted octanol–water partition coefficient (Wildman–Crippen LogP) is 6.00. The third kappa shape index (κ3) is 4.32. The van der Waals surface area contributed by atoms with E-state index in [4.69, 9.17) is 28.2 Å². The molecule has 4 aromatic rings. The Morgan fingerprint density at radius 3 is 2.33 bits per heavy atom. The van der Waals surface area contributed by atoms with E-state index >= 15 is 0 Å². The molecule has 0 atom stereocenters. The Labute approximate surface area is 205 Å². The molecule has 5 nitrogen and oxygen atoms in total. The van der Waals surface area contributed by atoms with Gasteiger partial charge in [0, 0.05) is 34.3 Å². The van der Waals surface area contributed by atoms with Crippen LogP contribution in [0.5, 0.6) is 0 Å². The molecular weight excluding hydrogens is 475 g/mol. The summed E-state index contributed by atoms with van der Waals surface area (Å²) < 4.78 is 0. The van der Waals surface area contributed by atoms with Crippen LogP contribution in [0.4, 0.5) is 0 Å². The second-order valence-electron chi connectivity index (χ2n) is 7.99. The van der Waals surface area contributed by atoms with Crippen molar-refractivity contribution in [2.24, 2.45) is 0 Å².